The first-order valence-electron chi connectivity index (χ1n) is 6.86. The Morgan fingerprint density at radius 1 is 1.32 bits per heavy atom. The van der Waals surface area contributed by atoms with Crippen molar-refractivity contribution in [2.45, 2.75) is 24.0 Å². The van der Waals surface area contributed by atoms with E-state index in [0.717, 1.165) is 18.2 Å². The first-order valence-corrected chi connectivity index (χ1v) is 9.50. The minimum Gasteiger partial charge on any atom is -0.321 e. The summed E-state index contributed by atoms with van der Waals surface area (Å²) >= 11 is 1.32. The summed E-state index contributed by atoms with van der Waals surface area (Å²) in [7, 11) is -4.40. The summed E-state index contributed by atoms with van der Waals surface area (Å²) in [6.07, 6.45) is -4.70. The SMILES string of the molecule is CC(=O)N1CSC[C@@H]1C(=O)NNS(=O)(=O)c1cccc(C(F)(F)F)c1. The molecule has 1 heterocycles. The van der Waals surface area contributed by atoms with Crippen molar-refractivity contribution in [3.05, 3.63) is 29.8 Å². The molecule has 0 bridgehead atoms. The van der Waals surface area contributed by atoms with Crippen LogP contribution in [0.2, 0.25) is 0 Å². The summed E-state index contributed by atoms with van der Waals surface area (Å²) in [6.45, 7) is 1.28. The summed E-state index contributed by atoms with van der Waals surface area (Å²) in [5.74, 6) is -0.522. The van der Waals surface area contributed by atoms with E-state index >= 15 is 0 Å². The highest BCUT2D eigenvalue weighted by Gasteiger charge is 2.34. The van der Waals surface area contributed by atoms with Gasteiger partial charge in [0.1, 0.15) is 6.04 Å². The van der Waals surface area contributed by atoms with Gasteiger partial charge in [-0.25, -0.2) is 8.42 Å². The molecule has 2 amide bonds. The molecule has 0 aliphatic carbocycles. The van der Waals surface area contributed by atoms with Crippen molar-refractivity contribution in [3.63, 3.8) is 0 Å². The van der Waals surface area contributed by atoms with Crippen molar-refractivity contribution < 1.29 is 31.2 Å². The van der Waals surface area contributed by atoms with Gasteiger partial charge in [0.25, 0.3) is 15.9 Å². The van der Waals surface area contributed by atoms with Crippen molar-refractivity contribution in [2.24, 2.45) is 0 Å². The maximum Gasteiger partial charge on any atom is 0.416 e. The van der Waals surface area contributed by atoms with Crippen LogP contribution in [0.5, 0.6) is 0 Å². The maximum atomic E-state index is 12.7. The molecule has 1 aromatic carbocycles. The summed E-state index contributed by atoms with van der Waals surface area (Å²) in [6, 6.07) is 2.26. The zero-order chi connectivity index (χ0) is 18.8. The van der Waals surface area contributed by atoms with Crippen LogP contribution in [0.1, 0.15) is 12.5 Å². The zero-order valence-corrected chi connectivity index (χ0v) is 14.5. The van der Waals surface area contributed by atoms with Gasteiger partial charge in [0.2, 0.25) is 5.91 Å². The highest BCUT2D eigenvalue weighted by Crippen LogP contribution is 2.30. The third-order valence-corrected chi connectivity index (χ3v) is 5.63. The number of hydrogen-bond donors (Lipinski definition) is 2. The lowest BCUT2D eigenvalue weighted by molar-refractivity contribution is -0.137. The molecular formula is C13H14F3N3O4S2. The molecule has 138 valence electrons. The molecule has 2 N–H and O–H groups in total. The summed E-state index contributed by atoms with van der Waals surface area (Å²) in [4.78, 5) is 25.8. The molecule has 1 saturated heterocycles. The number of hydrazine groups is 1. The number of benzene rings is 1. The second-order valence-electron chi connectivity index (χ2n) is 5.12. The van der Waals surface area contributed by atoms with Crippen LogP contribution in [-0.4, -0.2) is 42.8 Å². The van der Waals surface area contributed by atoms with Crippen molar-refractivity contribution >= 4 is 33.6 Å². The molecule has 1 aliphatic heterocycles. The van der Waals surface area contributed by atoms with Crippen LogP contribution in [0.15, 0.2) is 29.2 Å². The first-order chi connectivity index (χ1) is 11.5. The van der Waals surface area contributed by atoms with Crippen molar-refractivity contribution in [1.82, 2.24) is 15.2 Å². The monoisotopic (exact) mass is 397 g/mol. The lowest BCUT2D eigenvalue weighted by Gasteiger charge is -2.21. The second-order valence-corrected chi connectivity index (χ2v) is 7.81. The first kappa shape index (κ1) is 19.5. The number of nitrogens with one attached hydrogen (secondary N) is 2. The lowest BCUT2D eigenvalue weighted by Crippen LogP contribution is -2.52. The molecule has 0 saturated carbocycles. The Morgan fingerprint density at radius 3 is 2.60 bits per heavy atom. The van der Waals surface area contributed by atoms with Crippen molar-refractivity contribution in [3.8, 4) is 0 Å². The maximum absolute atomic E-state index is 12.7. The predicted molar refractivity (Wildman–Crippen MR) is 83.5 cm³/mol. The van der Waals surface area contributed by atoms with Gasteiger partial charge < -0.3 is 4.90 Å². The van der Waals surface area contributed by atoms with Gasteiger partial charge in [0.15, 0.2) is 0 Å². The second kappa shape index (κ2) is 7.22. The van der Waals surface area contributed by atoms with E-state index in [1.165, 1.54) is 23.6 Å². The van der Waals surface area contributed by atoms with Crippen LogP contribution in [-0.2, 0) is 25.8 Å². The zero-order valence-electron chi connectivity index (χ0n) is 12.8. The van der Waals surface area contributed by atoms with Gasteiger partial charge in [-0.3, -0.25) is 15.0 Å². The number of thioether (sulfide) groups is 1. The number of halogens is 3. The van der Waals surface area contributed by atoms with Gasteiger partial charge in [0.05, 0.1) is 16.3 Å². The molecule has 2 rings (SSSR count). The smallest absolute Gasteiger partial charge is 0.321 e. The lowest BCUT2D eigenvalue weighted by atomic mass is 10.2. The van der Waals surface area contributed by atoms with E-state index in [1.807, 2.05) is 5.43 Å². The third kappa shape index (κ3) is 4.64. The number of carbonyl (C=O) groups is 2. The number of carbonyl (C=O) groups excluding carboxylic acids is 2. The molecule has 7 nitrogen and oxygen atoms in total. The predicted octanol–water partition coefficient (Wildman–Crippen LogP) is 0.936. The van der Waals surface area contributed by atoms with Gasteiger partial charge in [-0.15, -0.1) is 16.6 Å². The number of sulfonamides is 1. The Kier molecular flexibility index (Phi) is 5.64. The Hall–Kier alpha value is -1.79. The Morgan fingerprint density at radius 2 is 2.00 bits per heavy atom. The third-order valence-electron chi connectivity index (χ3n) is 3.37. The molecule has 0 unspecified atom stereocenters. The number of rotatable bonds is 4. The molecular weight excluding hydrogens is 383 g/mol. The molecule has 1 aromatic rings. The van der Waals surface area contributed by atoms with Crippen molar-refractivity contribution in [2.75, 3.05) is 11.6 Å². The van der Waals surface area contributed by atoms with E-state index < -0.39 is 38.6 Å². The van der Waals surface area contributed by atoms with Gasteiger partial charge in [-0.2, -0.15) is 13.2 Å². The topological polar surface area (TPSA) is 95.6 Å². The van der Waals surface area contributed by atoms with Crippen LogP contribution in [0.3, 0.4) is 0 Å². The van der Waals surface area contributed by atoms with E-state index in [4.69, 9.17) is 0 Å². The normalized spacial score (nSPS) is 18.2. The number of hydrogen-bond acceptors (Lipinski definition) is 5. The quantitative estimate of drug-likeness (QED) is 0.738. The van der Waals surface area contributed by atoms with E-state index in [0.29, 0.717) is 11.9 Å². The fourth-order valence-electron chi connectivity index (χ4n) is 2.07. The van der Waals surface area contributed by atoms with Crippen LogP contribution in [0.25, 0.3) is 0 Å². The highest BCUT2D eigenvalue weighted by atomic mass is 32.2. The molecule has 1 aliphatic rings. The van der Waals surface area contributed by atoms with Crippen molar-refractivity contribution in [1.29, 1.82) is 0 Å². The highest BCUT2D eigenvalue weighted by molar-refractivity contribution is 7.99. The molecule has 25 heavy (non-hydrogen) atoms. The minimum absolute atomic E-state index is 0.288. The van der Waals surface area contributed by atoms with E-state index in [2.05, 4.69) is 0 Å². The van der Waals surface area contributed by atoms with Gasteiger partial charge in [-0.05, 0) is 18.2 Å². The van der Waals surface area contributed by atoms with Crippen LogP contribution >= 0.6 is 11.8 Å². The minimum atomic E-state index is -4.70. The average Bonchev–Trinajstić information content (AvgIpc) is 3.02. The summed E-state index contributed by atoms with van der Waals surface area (Å²) < 4.78 is 62.1. The molecule has 12 heteroatoms. The van der Waals surface area contributed by atoms with E-state index in [1.54, 1.807) is 4.83 Å². The molecule has 0 aromatic heterocycles. The molecule has 0 spiro atoms. The summed E-state index contributed by atoms with van der Waals surface area (Å²) in [5, 5.41) is 0. The van der Waals surface area contributed by atoms with Crippen LogP contribution < -0.4 is 10.3 Å². The fraction of sp³-hybridized carbons (Fsp3) is 0.385. The number of amides is 2. The molecule has 0 radical (unpaired) electrons. The van der Waals surface area contributed by atoms with Gasteiger partial charge in [-0.1, -0.05) is 6.07 Å². The van der Waals surface area contributed by atoms with Crippen LogP contribution in [0.4, 0.5) is 13.2 Å². The van der Waals surface area contributed by atoms with Gasteiger partial charge >= 0.3 is 6.18 Å². The van der Waals surface area contributed by atoms with E-state index in [9.17, 15) is 31.2 Å². The fourth-order valence-corrected chi connectivity index (χ4v) is 4.18. The van der Waals surface area contributed by atoms with E-state index in [-0.39, 0.29) is 11.7 Å². The Bertz CT molecular complexity index is 783. The van der Waals surface area contributed by atoms with Crippen LogP contribution in [0, 0.1) is 0 Å². The standard InChI is InChI=1S/C13H14F3N3O4S2/c1-8(20)19-7-24-6-11(19)12(21)17-18-25(22,23)10-4-2-3-9(5-10)13(14,15)16/h2-5,11,18H,6-7H2,1H3,(H,17,21)/t11-/m1/s1. The molecule has 1 atom stereocenters. The Balaban J connectivity index is 2.09. The van der Waals surface area contributed by atoms with Gasteiger partial charge in [0, 0.05) is 12.7 Å². The summed E-state index contributed by atoms with van der Waals surface area (Å²) in [5.41, 5.74) is 0.813. The Labute approximate surface area is 146 Å². The number of nitrogens with zero attached hydrogens (tertiary/aromatic N) is 1. The average molecular weight is 397 g/mol. The molecule has 1 fully saturated rings. The number of alkyl halides is 3. The largest absolute Gasteiger partial charge is 0.416 e.